The summed E-state index contributed by atoms with van der Waals surface area (Å²) in [5.74, 6) is 1.70. The monoisotopic (exact) mass is 324 g/mol. The van der Waals surface area contributed by atoms with E-state index in [-0.39, 0.29) is 12.1 Å². The minimum absolute atomic E-state index is 0.212. The number of aliphatic imine (C=N–C) groups is 1. The van der Waals surface area contributed by atoms with Crippen molar-refractivity contribution in [1.29, 1.82) is 0 Å². The fourth-order valence-electron chi connectivity index (χ4n) is 3.04. The lowest BCUT2D eigenvalue weighted by molar-refractivity contribution is 0.0137. The van der Waals surface area contributed by atoms with E-state index >= 15 is 0 Å². The summed E-state index contributed by atoms with van der Waals surface area (Å²) in [6, 6.07) is 0.278. The number of carbonyl (C=O) groups excluding carboxylic acids is 1. The lowest BCUT2D eigenvalue weighted by atomic mass is 10.0. The Bertz CT molecular complexity index is 440. The molecule has 1 amide bonds. The van der Waals surface area contributed by atoms with Crippen LogP contribution in [-0.4, -0.2) is 66.2 Å². The van der Waals surface area contributed by atoms with Crippen molar-refractivity contribution in [3.63, 3.8) is 0 Å². The molecule has 23 heavy (non-hydrogen) atoms. The Hall–Kier alpha value is -1.46. The van der Waals surface area contributed by atoms with E-state index < -0.39 is 5.60 Å². The van der Waals surface area contributed by atoms with Gasteiger partial charge in [-0.15, -0.1) is 0 Å². The van der Waals surface area contributed by atoms with E-state index in [2.05, 4.69) is 29.1 Å². The first-order valence-corrected chi connectivity index (χ1v) is 8.87. The van der Waals surface area contributed by atoms with Gasteiger partial charge in [0.15, 0.2) is 5.96 Å². The van der Waals surface area contributed by atoms with Crippen molar-refractivity contribution in [1.82, 2.24) is 15.1 Å². The van der Waals surface area contributed by atoms with Crippen molar-refractivity contribution in [3.05, 3.63) is 0 Å². The molecule has 0 aliphatic carbocycles. The van der Waals surface area contributed by atoms with Gasteiger partial charge in [-0.25, -0.2) is 4.79 Å². The molecule has 6 nitrogen and oxygen atoms in total. The number of nitrogens with zero attached hydrogens (tertiary/aromatic N) is 3. The van der Waals surface area contributed by atoms with Crippen LogP contribution in [0.1, 0.15) is 47.5 Å². The second kappa shape index (κ2) is 7.41. The van der Waals surface area contributed by atoms with Crippen LogP contribution in [0.2, 0.25) is 0 Å². The molecule has 0 aromatic rings. The van der Waals surface area contributed by atoms with E-state index in [1.165, 1.54) is 12.8 Å². The fraction of sp³-hybridized carbons (Fsp3) is 0.882. The number of fused-ring (bicyclic) bond motifs is 1. The SMILES string of the molecule is CCC(CC)CNC1=NCC2CN(C(=O)OC(C)(C)C)CCN12. The molecular weight excluding hydrogens is 292 g/mol. The smallest absolute Gasteiger partial charge is 0.410 e. The third-order valence-electron chi connectivity index (χ3n) is 4.56. The van der Waals surface area contributed by atoms with E-state index in [1.807, 2.05) is 25.7 Å². The molecule has 1 N–H and O–H groups in total. The first-order chi connectivity index (χ1) is 10.8. The zero-order valence-corrected chi connectivity index (χ0v) is 15.3. The Morgan fingerprint density at radius 1 is 1.35 bits per heavy atom. The van der Waals surface area contributed by atoms with Crippen LogP contribution in [-0.2, 0) is 4.74 Å². The molecule has 6 heteroatoms. The molecule has 2 aliphatic rings. The Morgan fingerprint density at radius 3 is 2.65 bits per heavy atom. The van der Waals surface area contributed by atoms with Gasteiger partial charge in [0, 0.05) is 26.2 Å². The molecule has 2 rings (SSSR count). The lowest BCUT2D eigenvalue weighted by Crippen LogP contribution is -2.57. The Labute approximate surface area is 140 Å². The number of ether oxygens (including phenoxy) is 1. The van der Waals surface area contributed by atoms with Crippen molar-refractivity contribution in [2.24, 2.45) is 10.9 Å². The predicted octanol–water partition coefficient (Wildman–Crippen LogP) is 2.30. The number of hydrogen-bond donors (Lipinski definition) is 1. The third-order valence-corrected chi connectivity index (χ3v) is 4.56. The van der Waals surface area contributed by atoms with Gasteiger partial charge in [-0.2, -0.15) is 0 Å². The summed E-state index contributed by atoms with van der Waals surface area (Å²) in [4.78, 5) is 21.0. The molecular formula is C17H32N4O2. The van der Waals surface area contributed by atoms with Crippen LogP contribution in [0.25, 0.3) is 0 Å². The van der Waals surface area contributed by atoms with E-state index in [0.29, 0.717) is 19.0 Å². The van der Waals surface area contributed by atoms with Crippen molar-refractivity contribution in [2.75, 3.05) is 32.7 Å². The molecule has 0 bridgehead atoms. The highest BCUT2D eigenvalue weighted by Crippen LogP contribution is 2.19. The topological polar surface area (TPSA) is 57.2 Å². The van der Waals surface area contributed by atoms with Gasteiger partial charge >= 0.3 is 6.09 Å². The van der Waals surface area contributed by atoms with Crippen LogP contribution in [0, 0.1) is 5.92 Å². The van der Waals surface area contributed by atoms with Gasteiger partial charge in [0.2, 0.25) is 0 Å². The first kappa shape index (κ1) is 17.9. The average molecular weight is 324 g/mol. The van der Waals surface area contributed by atoms with Crippen molar-refractivity contribution < 1.29 is 9.53 Å². The minimum Gasteiger partial charge on any atom is -0.444 e. The van der Waals surface area contributed by atoms with Crippen molar-refractivity contribution in [3.8, 4) is 0 Å². The van der Waals surface area contributed by atoms with Crippen LogP contribution >= 0.6 is 0 Å². The molecule has 0 spiro atoms. The molecule has 1 unspecified atom stereocenters. The lowest BCUT2D eigenvalue weighted by Gasteiger charge is -2.39. The highest BCUT2D eigenvalue weighted by molar-refractivity contribution is 5.82. The molecule has 1 saturated heterocycles. The average Bonchev–Trinajstić information content (AvgIpc) is 2.89. The molecule has 1 atom stereocenters. The summed E-state index contributed by atoms with van der Waals surface area (Å²) in [6.07, 6.45) is 2.16. The Kier molecular flexibility index (Phi) is 5.76. The van der Waals surface area contributed by atoms with Gasteiger partial charge in [-0.05, 0) is 26.7 Å². The first-order valence-electron chi connectivity index (χ1n) is 8.87. The standard InChI is InChI=1S/C17H32N4O2/c1-6-13(7-2)10-18-15-19-11-14-12-20(8-9-21(14)15)16(22)23-17(3,4)5/h13-14H,6-12H2,1-5H3,(H,18,19). The minimum atomic E-state index is -0.442. The second-order valence-corrected chi connectivity index (χ2v) is 7.50. The van der Waals surface area contributed by atoms with Crippen LogP contribution < -0.4 is 5.32 Å². The van der Waals surface area contributed by atoms with E-state index in [4.69, 9.17) is 4.74 Å². The highest BCUT2D eigenvalue weighted by Gasteiger charge is 2.36. The van der Waals surface area contributed by atoms with Crippen LogP contribution in [0.4, 0.5) is 4.79 Å². The molecule has 1 fully saturated rings. The van der Waals surface area contributed by atoms with Crippen molar-refractivity contribution >= 4 is 12.1 Å². The quantitative estimate of drug-likeness (QED) is 0.862. The zero-order valence-electron chi connectivity index (χ0n) is 15.3. The van der Waals surface area contributed by atoms with Gasteiger partial charge in [-0.3, -0.25) is 4.99 Å². The number of guanidine groups is 1. The Morgan fingerprint density at radius 2 is 2.04 bits per heavy atom. The maximum absolute atomic E-state index is 12.2. The molecule has 2 aliphatic heterocycles. The number of hydrogen-bond acceptors (Lipinski definition) is 5. The summed E-state index contributed by atoms with van der Waals surface area (Å²) < 4.78 is 5.48. The summed E-state index contributed by atoms with van der Waals surface area (Å²) >= 11 is 0. The van der Waals surface area contributed by atoms with E-state index in [9.17, 15) is 4.79 Å². The second-order valence-electron chi connectivity index (χ2n) is 7.50. The number of piperazine rings is 1. The number of carbonyl (C=O) groups is 1. The van der Waals surface area contributed by atoms with Crippen molar-refractivity contribution in [2.45, 2.75) is 59.1 Å². The number of amides is 1. The van der Waals surface area contributed by atoms with Gasteiger partial charge in [0.1, 0.15) is 5.60 Å². The third kappa shape index (κ3) is 4.75. The zero-order chi connectivity index (χ0) is 17.0. The normalized spacial score (nSPS) is 21.3. The molecule has 0 saturated carbocycles. The van der Waals surface area contributed by atoms with E-state index in [1.54, 1.807) is 0 Å². The van der Waals surface area contributed by atoms with Crippen LogP contribution in [0.3, 0.4) is 0 Å². The largest absolute Gasteiger partial charge is 0.444 e. The van der Waals surface area contributed by atoms with E-state index in [0.717, 1.165) is 25.6 Å². The maximum atomic E-state index is 12.2. The molecule has 2 heterocycles. The number of rotatable bonds is 4. The van der Waals surface area contributed by atoms with Gasteiger partial charge in [0.05, 0.1) is 12.6 Å². The van der Waals surface area contributed by atoms with Gasteiger partial charge < -0.3 is 19.9 Å². The number of nitrogens with one attached hydrogen (secondary N) is 1. The maximum Gasteiger partial charge on any atom is 0.410 e. The molecule has 0 aromatic carbocycles. The summed E-state index contributed by atoms with van der Waals surface area (Å²) in [7, 11) is 0. The summed E-state index contributed by atoms with van der Waals surface area (Å²) in [6.45, 7) is 14.1. The predicted molar refractivity (Wildman–Crippen MR) is 92.7 cm³/mol. The van der Waals surface area contributed by atoms with Gasteiger partial charge in [0.25, 0.3) is 0 Å². The van der Waals surface area contributed by atoms with Gasteiger partial charge in [-0.1, -0.05) is 26.7 Å². The Balaban J connectivity index is 1.84. The molecule has 0 aromatic heterocycles. The summed E-state index contributed by atoms with van der Waals surface area (Å²) in [5, 5.41) is 3.51. The van der Waals surface area contributed by atoms with Crippen LogP contribution in [0.15, 0.2) is 4.99 Å². The molecule has 132 valence electrons. The van der Waals surface area contributed by atoms with Crippen LogP contribution in [0.5, 0.6) is 0 Å². The highest BCUT2D eigenvalue weighted by atomic mass is 16.6. The summed E-state index contributed by atoms with van der Waals surface area (Å²) in [5.41, 5.74) is -0.442. The molecule has 0 radical (unpaired) electrons. The fourth-order valence-corrected chi connectivity index (χ4v) is 3.04.